The number of aryl methyl sites for hydroxylation is 1. The number of nitrogens with zero attached hydrogens (tertiary/aromatic N) is 2. The fourth-order valence-corrected chi connectivity index (χ4v) is 4.01. The molecule has 0 radical (unpaired) electrons. The van der Waals surface area contributed by atoms with Crippen molar-refractivity contribution in [1.82, 2.24) is 31.3 Å². The Morgan fingerprint density at radius 3 is 2.09 bits per heavy atom. The van der Waals surface area contributed by atoms with Crippen molar-refractivity contribution in [3.8, 4) is 0 Å². The third kappa shape index (κ3) is 17.9. The first-order chi connectivity index (χ1) is 20.0. The number of amides is 2. The molecule has 244 valence electrons. The molecule has 0 aliphatic carbocycles. The molecule has 2 saturated heterocycles. The molecule has 3 heterocycles. The number of carbonyl (C=O) groups excluding carboxylic acids is 4. The number of aromatic nitrogens is 1. The van der Waals surface area contributed by atoms with Crippen LogP contribution >= 0.6 is 0 Å². The van der Waals surface area contributed by atoms with Crippen LogP contribution in [0.4, 0.5) is 0 Å². The van der Waals surface area contributed by atoms with E-state index in [2.05, 4.69) is 51.5 Å². The first-order valence-corrected chi connectivity index (χ1v) is 14.9. The van der Waals surface area contributed by atoms with Crippen LogP contribution in [0.2, 0.25) is 0 Å². The maximum absolute atomic E-state index is 11.3. The Bertz CT molecular complexity index is 1020. The number of allylic oxidation sites excluding steroid dienone is 1. The quantitative estimate of drug-likeness (QED) is 0.278. The van der Waals surface area contributed by atoms with Crippen molar-refractivity contribution in [3.63, 3.8) is 0 Å². The third-order valence-electron chi connectivity index (χ3n) is 6.66. The van der Waals surface area contributed by atoms with Gasteiger partial charge in [-0.05, 0) is 85.9 Å². The van der Waals surface area contributed by atoms with E-state index < -0.39 is 0 Å². The summed E-state index contributed by atoms with van der Waals surface area (Å²) in [6.07, 6.45) is 5.80. The van der Waals surface area contributed by atoms with Gasteiger partial charge in [0.2, 0.25) is 12.3 Å². The smallest absolute Gasteiger partial charge is 0.223 e. The summed E-state index contributed by atoms with van der Waals surface area (Å²) in [6, 6.07) is 1.48. The van der Waals surface area contributed by atoms with Gasteiger partial charge in [0.05, 0.1) is 17.8 Å². The van der Waals surface area contributed by atoms with E-state index in [0.717, 1.165) is 30.7 Å². The van der Waals surface area contributed by atoms with Crippen molar-refractivity contribution in [2.24, 2.45) is 11.3 Å². The zero-order valence-corrected chi connectivity index (χ0v) is 27.8. The summed E-state index contributed by atoms with van der Waals surface area (Å²) < 4.78 is 4.95. The molecular formula is C32H56N6O5. The van der Waals surface area contributed by atoms with Crippen molar-refractivity contribution in [1.29, 1.82) is 0 Å². The van der Waals surface area contributed by atoms with Gasteiger partial charge in [0.15, 0.2) is 5.78 Å². The lowest BCUT2D eigenvalue weighted by atomic mass is 9.87. The van der Waals surface area contributed by atoms with Crippen LogP contribution in [0.5, 0.6) is 0 Å². The molecule has 0 bridgehead atoms. The lowest BCUT2D eigenvalue weighted by Gasteiger charge is -2.27. The Kier molecular flexibility index (Phi) is 18.8. The van der Waals surface area contributed by atoms with Gasteiger partial charge in [-0.25, -0.2) is 0 Å². The minimum Gasteiger partial charge on any atom is -0.379 e. The second-order valence-electron chi connectivity index (χ2n) is 12.5. The van der Waals surface area contributed by atoms with Crippen LogP contribution in [-0.2, 0) is 19.2 Å². The molecule has 2 fully saturated rings. The molecule has 11 nitrogen and oxygen atoms in total. The van der Waals surface area contributed by atoms with Crippen molar-refractivity contribution < 1.29 is 23.7 Å². The molecule has 0 saturated carbocycles. The van der Waals surface area contributed by atoms with Crippen molar-refractivity contribution in [2.75, 3.05) is 26.7 Å². The fourth-order valence-electron chi connectivity index (χ4n) is 4.01. The highest BCUT2D eigenvalue weighted by molar-refractivity contribution is 5.84. The average Bonchev–Trinajstić information content (AvgIpc) is 3.65. The molecule has 2 aliphatic rings. The van der Waals surface area contributed by atoms with Gasteiger partial charge in [-0.15, -0.1) is 0 Å². The lowest BCUT2D eigenvalue weighted by Crippen LogP contribution is -2.40. The summed E-state index contributed by atoms with van der Waals surface area (Å²) in [5.41, 5.74) is 1.83. The molecule has 3 unspecified atom stereocenters. The second-order valence-corrected chi connectivity index (χ2v) is 12.5. The van der Waals surface area contributed by atoms with Gasteiger partial charge in [-0.2, -0.15) is 0 Å². The lowest BCUT2D eigenvalue weighted by molar-refractivity contribution is -0.123. The van der Waals surface area contributed by atoms with Gasteiger partial charge in [-0.3, -0.25) is 14.4 Å². The first kappa shape index (κ1) is 39.5. The predicted molar refractivity (Wildman–Crippen MR) is 172 cm³/mol. The maximum Gasteiger partial charge on any atom is 0.223 e. The number of likely N-dealkylation sites (tertiary alicyclic amines) is 1. The Morgan fingerprint density at radius 2 is 1.79 bits per heavy atom. The maximum atomic E-state index is 11.3. The largest absolute Gasteiger partial charge is 0.379 e. The average molecular weight is 605 g/mol. The molecule has 0 spiro atoms. The zero-order valence-electron chi connectivity index (χ0n) is 27.8. The fraction of sp³-hybridized carbons (Fsp3) is 0.656. The van der Waals surface area contributed by atoms with Gasteiger partial charge in [-0.1, -0.05) is 39.1 Å². The number of hydrogen-bond donors (Lipinski definition) is 4. The van der Waals surface area contributed by atoms with Crippen LogP contribution in [-0.4, -0.2) is 79.3 Å². The summed E-state index contributed by atoms with van der Waals surface area (Å²) in [7, 11) is 2.17. The highest BCUT2D eigenvalue weighted by Crippen LogP contribution is 2.20. The standard InChI is InChI=1S/C12H18N2O2.C11H18N2O2.C5H11N.C4H9NO/c1-8-6-10(14-16-8)9(2)13-11(7-15)12(3,4)5;1-7(2)13-10(8(3)14)6-9-4-5-12-11(9)15;1-6-4-2-3-5-6;1-4(2)5-3-6/h6-7,11,13H,2H2,1,3-5H3;9-10,13H,1,4-6H2,2-3H3,(H,12,15);2-5H2,1H3;3-4H,1-2H3,(H,5,6). The van der Waals surface area contributed by atoms with Gasteiger partial charge < -0.3 is 35.5 Å². The van der Waals surface area contributed by atoms with E-state index >= 15 is 0 Å². The van der Waals surface area contributed by atoms with Crippen LogP contribution in [0.15, 0.2) is 29.4 Å². The SMILES string of the molecule is C=C(C)NC(CC1CCNC1=O)C(C)=O.C=C(NC(C=O)C(C)(C)C)c1cc(C)on1.CC(C)NC=O.CN1CCCC1. The van der Waals surface area contributed by atoms with Gasteiger partial charge in [0.1, 0.15) is 17.7 Å². The predicted octanol–water partition coefficient (Wildman–Crippen LogP) is 3.60. The summed E-state index contributed by atoms with van der Waals surface area (Å²) in [5.74, 6) is 0.796. The number of aldehydes is 1. The molecule has 1 aromatic rings. The van der Waals surface area contributed by atoms with E-state index in [4.69, 9.17) is 4.52 Å². The molecule has 2 aliphatic heterocycles. The molecule has 3 atom stereocenters. The highest BCUT2D eigenvalue weighted by Gasteiger charge is 2.29. The van der Waals surface area contributed by atoms with E-state index in [-0.39, 0.29) is 41.1 Å². The van der Waals surface area contributed by atoms with Crippen LogP contribution < -0.4 is 21.3 Å². The minimum absolute atomic E-state index is 0.0363. The Balaban J connectivity index is 0.000000599. The number of Topliss-reactive ketones (excluding diaryl/α,β-unsaturated/α-hetero) is 1. The summed E-state index contributed by atoms with van der Waals surface area (Å²) >= 11 is 0. The molecule has 43 heavy (non-hydrogen) atoms. The Labute approximate surface area is 258 Å². The number of nitrogens with one attached hydrogen (secondary N) is 4. The molecule has 11 heteroatoms. The summed E-state index contributed by atoms with van der Waals surface area (Å²) in [5, 5.41) is 15.2. The van der Waals surface area contributed by atoms with Crippen LogP contribution in [0, 0.1) is 18.3 Å². The highest BCUT2D eigenvalue weighted by atomic mass is 16.5. The molecule has 1 aromatic heterocycles. The first-order valence-electron chi connectivity index (χ1n) is 14.9. The van der Waals surface area contributed by atoms with E-state index in [1.165, 1.54) is 32.9 Å². The van der Waals surface area contributed by atoms with E-state index in [1.807, 2.05) is 48.5 Å². The van der Waals surface area contributed by atoms with Crippen molar-refractivity contribution in [2.45, 2.75) is 99.2 Å². The van der Waals surface area contributed by atoms with Gasteiger partial charge in [0, 0.05) is 30.3 Å². The van der Waals surface area contributed by atoms with Gasteiger partial charge >= 0.3 is 0 Å². The van der Waals surface area contributed by atoms with E-state index in [1.54, 1.807) is 6.07 Å². The van der Waals surface area contributed by atoms with E-state index in [9.17, 15) is 19.2 Å². The molecule has 3 rings (SSSR count). The van der Waals surface area contributed by atoms with Crippen LogP contribution in [0.25, 0.3) is 5.70 Å². The van der Waals surface area contributed by atoms with Gasteiger partial charge in [0.25, 0.3) is 0 Å². The van der Waals surface area contributed by atoms with E-state index in [0.29, 0.717) is 24.2 Å². The number of hydrogen-bond acceptors (Lipinski definition) is 9. The monoisotopic (exact) mass is 604 g/mol. The van der Waals surface area contributed by atoms with Crippen LogP contribution in [0.1, 0.15) is 85.6 Å². The molecule has 2 amide bonds. The molecular weight excluding hydrogens is 548 g/mol. The van der Waals surface area contributed by atoms with Crippen molar-refractivity contribution in [3.05, 3.63) is 36.4 Å². The topological polar surface area (TPSA) is 146 Å². The minimum atomic E-state index is -0.294. The Hall–Kier alpha value is -3.47. The zero-order chi connectivity index (χ0) is 33.2. The number of rotatable bonds is 11. The number of ketones is 1. The molecule has 4 N–H and O–H groups in total. The Morgan fingerprint density at radius 1 is 1.19 bits per heavy atom. The van der Waals surface area contributed by atoms with Crippen LogP contribution in [0.3, 0.4) is 0 Å². The second kappa shape index (κ2) is 20.4. The van der Waals surface area contributed by atoms with Crippen molar-refractivity contribution >= 4 is 30.1 Å². The number of carbonyl (C=O) groups is 4. The summed E-state index contributed by atoms with van der Waals surface area (Å²) in [6.45, 7) is 25.9. The molecule has 0 aromatic carbocycles. The summed E-state index contributed by atoms with van der Waals surface area (Å²) in [4.78, 5) is 45.5. The normalized spacial score (nSPS) is 17.3. The third-order valence-corrected chi connectivity index (χ3v) is 6.66.